The summed E-state index contributed by atoms with van der Waals surface area (Å²) in [7, 11) is 0. The average Bonchev–Trinajstić information content (AvgIpc) is 3.48. The Morgan fingerprint density at radius 2 is 1.66 bits per heavy atom. The van der Waals surface area contributed by atoms with Crippen LogP contribution in [0.25, 0.3) is 27.5 Å². The zero-order valence-corrected chi connectivity index (χ0v) is 20.1. The van der Waals surface area contributed by atoms with Gasteiger partial charge in [-0.25, -0.2) is 9.36 Å². The van der Waals surface area contributed by atoms with Gasteiger partial charge < -0.3 is 5.32 Å². The summed E-state index contributed by atoms with van der Waals surface area (Å²) >= 11 is 1.59. The van der Waals surface area contributed by atoms with E-state index in [1.165, 1.54) is 10.7 Å². The molecule has 0 atom stereocenters. The highest BCUT2D eigenvalue weighted by Crippen LogP contribution is 2.26. The second-order valence-corrected chi connectivity index (χ2v) is 9.49. The monoisotopic (exact) mass is 481 g/mol. The zero-order valence-electron chi connectivity index (χ0n) is 19.3. The highest BCUT2D eigenvalue weighted by atomic mass is 32.1. The van der Waals surface area contributed by atoms with Gasteiger partial charge in [0.25, 0.3) is 5.56 Å². The fourth-order valence-electron chi connectivity index (χ4n) is 3.69. The van der Waals surface area contributed by atoms with Gasteiger partial charge in [0.05, 0.1) is 16.3 Å². The fourth-order valence-corrected chi connectivity index (χ4v) is 4.52. The van der Waals surface area contributed by atoms with Crippen molar-refractivity contribution in [3.63, 3.8) is 0 Å². The molecule has 5 aromatic rings. The Kier molecular flexibility index (Phi) is 6.12. The average molecular weight is 482 g/mol. The van der Waals surface area contributed by atoms with Crippen LogP contribution in [0.2, 0.25) is 0 Å². The first-order chi connectivity index (χ1) is 17.0. The number of nitrogens with one attached hydrogen (secondary N) is 1. The molecule has 0 fully saturated rings. The second-order valence-electron chi connectivity index (χ2n) is 8.20. The molecule has 0 unspecified atom stereocenters. The zero-order chi connectivity index (χ0) is 24.4. The highest BCUT2D eigenvalue weighted by Gasteiger charge is 2.15. The lowest BCUT2D eigenvalue weighted by Crippen LogP contribution is -2.29. The number of anilines is 1. The molecule has 0 saturated carbocycles. The minimum absolute atomic E-state index is 0.211. The lowest BCUT2D eigenvalue weighted by molar-refractivity contribution is -0.117. The summed E-state index contributed by atoms with van der Waals surface area (Å²) in [5.74, 6) is 0.140. The van der Waals surface area contributed by atoms with Crippen LogP contribution in [0, 0.1) is 13.8 Å². The number of aryl methyl sites for hydroxylation is 2. The molecule has 0 aliphatic rings. The number of nitrogens with zero attached hydrogens (tertiary/aromatic N) is 4. The maximum Gasteiger partial charge on any atom is 0.267 e. The highest BCUT2D eigenvalue weighted by molar-refractivity contribution is 7.15. The third-order valence-corrected chi connectivity index (χ3v) is 6.50. The van der Waals surface area contributed by atoms with Crippen molar-refractivity contribution < 1.29 is 4.79 Å². The third-order valence-electron chi connectivity index (χ3n) is 5.48. The number of rotatable bonds is 6. The van der Waals surface area contributed by atoms with E-state index in [-0.39, 0.29) is 18.0 Å². The number of hydrogen-bond donors (Lipinski definition) is 1. The van der Waals surface area contributed by atoms with Crippen molar-refractivity contribution in [1.29, 1.82) is 0 Å². The number of carbonyl (C=O) groups excluding carboxylic acids is 1. The fraction of sp³-hybridized carbons (Fsp3) is 0.111. The van der Waals surface area contributed by atoms with Gasteiger partial charge in [0, 0.05) is 22.6 Å². The minimum Gasteiger partial charge on any atom is -0.309 e. The molecule has 3 aromatic heterocycles. The van der Waals surface area contributed by atoms with Crippen LogP contribution in [0.5, 0.6) is 0 Å². The molecule has 0 aliphatic carbocycles. The lowest BCUT2D eigenvalue weighted by Gasteiger charge is -2.10. The molecule has 1 amide bonds. The van der Waals surface area contributed by atoms with Crippen LogP contribution in [0.3, 0.4) is 0 Å². The van der Waals surface area contributed by atoms with E-state index in [0.717, 1.165) is 32.3 Å². The van der Waals surface area contributed by atoms with E-state index in [4.69, 9.17) is 5.10 Å². The first-order valence-corrected chi connectivity index (χ1v) is 12.0. The topological polar surface area (TPSA) is 81.8 Å². The summed E-state index contributed by atoms with van der Waals surface area (Å²) < 4.78 is 2.87. The molecule has 5 rings (SSSR count). The quantitative estimate of drug-likeness (QED) is 0.367. The first-order valence-electron chi connectivity index (χ1n) is 11.1. The Morgan fingerprint density at radius 3 is 2.37 bits per heavy atom. The van der Waals surface area contributed by atoms with Gasteiger partial charge >= 0.3 is 0 Å². The molecule has 7 nitrogen and oxygen atoms in total. The van der Waals surface area contributed by atoms with E-state index in [1.54, 1.807) is 22.1 Å². The molecule has 0 aliphatic heterocycles. The summed E-state index contributed by atoms with van der Waals surface area (Å²) in [6, 6.07) is 26.5. The Hall–Kier alpha value is -4.30. The van der Waals surface area contributed by atoms with Crippen molar-refractivity contribution in [2.45, 2.75) is 20.4 Å². The normalized spacial score (nSPS) is 10.9. The van der Waals surface area contributed by atoms with E-state index in [2.05, 4.69) is 10.4 Å². The van der Waals surface area contributed by atoms with Crippen LogP contribution in [0.15, 0.2) is 89.7 Å². The van der Waals surface area contributed by atoms with Crippen LogP contribution in [-0.4, -0.2) is 25.5 Å². The van der Waals surface area contributed by atoms with Gasteiger partial charge in [-0.15, -0.1) is 11.3 Å². The largest absolute Gasteiger partial charge is 0.309 e. The second kappa shape index (κ2) is 9.52. The van der Waals surface area contributed by atoms with Crippen LogP contribution in [0.4, 0.5) is 5.82 Å². The number of para-hydroxylation sites is 1. The van der Waals surface area contributed by atoms with Gasteiger partial charge in [-0.3, -0.25) is 9.59 Å². The lowest BCUT2D eigenvalue weighted by atomic mass is 10.1. The molecule has 0 spiro atoms. The number of benzene rings is 2. The molecule has 0 radical (unpaired) electrons. The SMILES string of the molecule is Cc1ccc(-c2cc(NC(=O)Cn3nc(-c4ccc(C)s4)ccc3=O)n(-c3ccccc3)n2)cc1. The van der Waals surface area contributed by atoms with Crippen molar-refractivity contribution in [1.82, 2.24) is 19.6 Å². The molecule has 8 heteroatoms. The van der Waals surface area contributed by atoms with E-state index >= 15 is 0 Å². The molecule has 174 valence electrons. The summed E-state index contributed by atoms with van der Waals surface area (Å²) in [5, 5.41) is 12.1. The van der Waals surface area contributed by atoms with Gasteiger partial charge in [0.1, 0.15) is 18.1 Å². The van der Waals surface area contributed by atoms with Gasteiger partial charge in [-0.2, -0.15) is 10.2 Å². The molecule has 0 bridgehead atoms. The predicted molar refractivity (Wildman–Crippen MR) is 139 cm³/mol. The summed E-state index contributed by atoms with van der Waals surface area (Å²) in [4.78, 5) is 27.5. The van der Waals surface area contributed by atoms with Gasteiger partial charge in [0.15, 0.2) is 0 Å². The van der Waals surface area contributed by atoms with E-state index in [0.29, 0.717) is 11.5 Å². The Morgan fingerprint density at radius 1 is 0.886 bits per heavy atom. The van der Waals surface area contributed by atoms with Crippen molar-refractivity contribution in [3.8, 4) is 27.5 Å². The number of carbonyl (C=O) groups is 1. The Labute approximate surface area is 206 Å². The Balaban J connectivity index is 1.44. The van der Waals surface area contributed by atoms with E-state index < -0.39 is 0 Å². The van der Waals surface area contributed by atoms with Crippen LogP contribution in [0.1, 0.15) is 10.4 Å². The molecular formula is C27H23N5O2S. The smallest absolute Gasteiger partial charge is 0.267 e. The molecule has 0 saturated heterocycles. The predicted octanol–water partition coefficient (Wildman–Crippen LogP) is 5.08. The minimum atomic E-state index is -0.369. The number of hydrogen-bond acceptors (Lipinski definition) is 5. The van der Waals surface area contributed by atoms with Gasteiger partial charge in [-0.05, 0) is 44.2 Å². The maximum absolute atomic E-state index is 13.0. The van der Waals surface area contributed by atoms with Crippen molar-refractivity contribution >= 4 is 23.1 Å². The van der Waals surface area contributed by atoms with Gasteiger partial charge in [-0.1, -0.05) is 48.0 Å². The number of thiophene rings is 1. The summed E-state index contributed by atoms with van der Waals surface area (Å²) in [6.45, 7) is 3.83. The van der Waals surface area contributed by atoms with Crippen molar-refractivity contribution in [3.05, 3.63) is 106 Å². The number of amides is 1. The summed E-state index contributed by atoms with van der Waals surface area (Å²) in [5.41, 5.74) is 3.96. The Bertz CT molecular complexity index is 1550. The van der Waals surface area contributed by atoms with Crippen molar-refractivity contribution in [2.75, 3.05) is 5.32 Å². The molecule has 3 heterocycles. The van der Waals surface area contributed by atoms with Crippen LogP contribution in [-0.2, 0) is 11.3 Å². The van der Waals surface area contributed by atoms with Crippen molar-refractivity contribution in [2.24, 2.45) is 0 Å². The number of aromatic nitrogens is 4. The standard InChI is InChI=1S/C27H23N5O2S/c1-18-8-11-20(12-9-18)23-16-25(32(30-23)21-6-4-3-5-7-21)28-26(33)17-31-27(34)15-13-22(29-31)24-14-10-19(2)35-24/h3-16H,17H2,1-2H3,(H,28,33). The molecule has 1 N–H and O–H groups in total. The van der Waals surface area contributed by atoms with Crippen LogP contribution < -0.4 is 10.9 Å². The van der Waals surface area contributed by atoms with E-state index in [1.807, 2.05) is 86.6 Å². The van der Waals surface area contributed by atoms with Crippen LogP contribution >= 0.6 is 11.3 Å². The summed E-state index contributed by atoms with van der Waals surface area (Å²) in [6.07, 6.45) is 0. The molecule has 2 aromatic carbocycles. The molecular weight excluding hydrogens is 458 g/mol. The van der Waals surface area contributed by atoms with Gasteiger partial charge in [0.2, 0.25) is 5.91 Å². The third kappa shape index (κ3) is 4.97. The molecule has 35 heavy (non-hydrogen) atoms. The van der Waals surface area contributed by atoms with E-state index in [9.17, 15) is 9.59 Å². The first kappa shape index (κ1) is 22.5. The maximum atomic E-state index is 13.0.